The number of amides is 2. The standard InChI is InChI=1S/C23H28N6O3.C19H20N6O3/c1-23(2,3)32-17(30)12-11-16-25-18-21(26-16)27-20(14-8-5-4-6-9-14)28-22(18)29-13-7-10-15(29)19(24)31;20-16(28)12-7-4-10-25(12)19-15-18(22-13(21-15)8-9-14(26)27)23-17(24-19)11-5-2-1-3-6-11/h4-6,8-9,15H,7,10-13H2,1-3H3,(H2,24,31)(H,25,26,27,28);1-3,5-6,12H,4,7-10H2,(H2,20,28)(H,26,27)(H,21,22,23,24)/t15-;12-/m00/s1. The number of carbonyl (C=O) groups excluding carboxylic acids is 3. The SMILES string of the molecule is CC(C)(C)OC(=O)CCc1nc2nc(-c3ccccc3)nc(N3CCC[C@H]3C(N)=O)c2[nH]1.NC(=O)[C@@H]1CCCN1c1nc(-c2ccccc2)nc2nc(CCC(=O)O)[nH]c12. The van der Waals surface area contributed by atoms with Crippen LogP contribution in [-0.2, 0) is 36.8 Å². The fourth-order valence-electron chi connectivity index (χ4n) is 7.42. The lowest BCUT2D eigenvalue weighted by atomic mass is 10.2. The van der Waals surface area contributed by atoms with Gasteiger partial charge in [0.15, 0.2) is 34.6 Å². The van der Waals surface area contributed by atoms with E-state index < -0.39 is 29.6 Å². The maximum atomic E-state index is 12.1. The van der Waals surface area contributed by atoms with E-state index in [1.807, 2.05) is 91.2 Å². The van der Waals surface area contributed by atoms with E-state index in [0.717, 1.165) is 24.0 Å². The Hall–Kier alpha value is -6.98. The molecule has 8 rings (SSSR count). The molecule has 2 aromatic carbocycles. The second kappa shape index (κ2) is 17.5. The maximum Gasteiger partial charge on any atom is 0.306 e. The Morgan fingerprint density at radius 1 is 0.683 bits per heavy atom. The number of ether oxygens (including phenoxy) is 1. The fraction of sp³-hybridized carbons (Fsp3) is 0.381. The number of hydrogen-bond acceptors (Lipinski definition) is 13. The van der Waals surface area contributed by atoms with Crippen molar-refractivity contribution < 1.29 is 29.0 Å². The number of carboxylic acids is 1. The Morgan fingerprint density at radius 3 is 1.52 bits per heavy atom. The Labute approximate surface area is 345 Å². The second-order valence-corrected chi connectivity index (χ2v) is 15.7. The lowest BCUT2D eigenvalue weighted by molar-refractivity contribution is -0.154. The van der Waals surface area contributed by atoms with E-state index in [2.05, 4.69) is 29.9 Å². The average molecular weight is 817 g/mol. The van der Waals surface area contributed by atoms with Crippen LogP contribution in [0.3, 0.4) is 0 Å². The van der Waals surface area contributed by atoms with Gasteiger partial charge in [0.1, 0.15) is 40.4 Å². The molecule has 2 atom stereocenters. The molecule has 6 aromatic rings. The minimum Gasteiger partial charge on any atom is -0.481 e. The largest absolute Gasteiger partial charge is 0.481 e. The van der Waals surface area contributed by atoms with Crippen molar-refractivity contribution in [3.8, 4) is 22.8 Å². The monoisotopic (exact) mass is 816 g/mol. The summed E-state index contributed by atoms with van der Waals surface area (Å²) in [5.74, 6) is 1.37. The predicted molar refractivity (Wildman–Crippen MR) is 223 cm³/mol. The van der Waals surface area contributed by atoms with Crippen molar-refractivity contribution in [2.75, 3.05) is 22.9 Å². The Balaban J connectivity index is 0.000000183. The first-order valence-corrected chi connectivity index (χ1v) is 19.9. The summed E-state index contributed by atoms with van der Waals surface area (Å²) >= 11 is 0. The van der Waals surface area contributed by atoms with Gasteiger partial charge in [-0.25, -0.2) is 29.9 Å². The molecule has 0 spiro atoms. The summed E-state index contributed by atoms with van der Waals surface area (Å²) < 4.78 is 5.39. The first-order valence-electron chi connectivity index (χ1n) is 19.9. The van der Waals surface area contributed by atoms with Gasteiger partial charge in [-0.15, -0.1) is 0 Å². The number of H-pyrrole nitrogens is 2. The van der Waals surface area contributed by atoms with Gasteiger partial charge in [-0.2, -0.15) is 0 Å². The number of aromatic amines is 2. The van der Waals surface area contributed by atoms with Crippen LogP contribution in [0.15, 0.2) is 60.7 Å². The van der Waals surface area contributed by atoms with Crippen molar-refractivity contribution in [3.63, 3.8) is 0 Å². The molecule has 18 heteroatoms. The molecule has 60 heavy (non-hydrogen) atoms. The minimum absolute atomic E-state index is 0.0399. The van der Waals surface area contributed by atoms with Crippen LogP contribution in [-0.4, -0.2) is 99.5 Å². The fourth-order valence-corrected chi connectivity index (χ4v) is 7.42. The molecule has 2 fully saturated rings. The minimum atomic E-state index is -0.898. The van der Waals surface area contributed by atoms with Crippen LogP contribution in [0.25, 0.3) is 45.1 Å². The summed E-state index contributed by atoms with van der Waals surface area (Å²) in [7, 11) is 0. The van der Waals surface area contributed by atoms with Gasteiger partial charge in [0.25, 0.3) is 0 Å². The summed E-state index contributed by atoms with van der Waals surface area (Å²) in [4.78, 5) is 84.9. The van der Waals surface area contributed by atoms with Gasteiger partial charge in [0.05, 0.1) is 12.8 Å². The third-order valence-electron chi connectivity index (χ3n) is 10.1. The molecule has 2 aliphatic heterocycles. The van der Waals surface area contributed by atoms with E-state index in [4.69, 9.17) is 31.3 Å². The molecule has 0 aliphatic carbocycles. The molecule has 18 nitrogen and oxygen atoms in total. The van der Waals surface area contributed by atoms with Crippen molar-refractivity contribution in [1.29, 1.82) is 0 Å². The maximum absolute atomic E-state index is 12.1. The molecule has 2 saturated heterocycles. The Kier molecular flexibility index (Phi) is 12.0. The molecule has 2 amide bonds. The number of aliphatic carboxylic acids is 1. The highest BCUT2D eigenvalue weighted by Crippen LogP contribution is 2.33. The van der Waals surface area contributed by atoms with Crippen molar-refractivity contribution in [2.45, 2.75) is 89.8 Å². The highest BCUT2D eigenvalue weighted by Gasteiger charge is 2.34. The topological polar surface area (TPSA) is 265 Å². The van der Waals surface area contributed by atoms with Gasteiger partial charge in [-0.05, 0) is 46.5 Å². The van der Waals surface area contributed by atoms with Gasteiger partial charge in [-0.3, -0.25) is 19.2 Å². The molecule has 6 heterocycles. The van der Waals surface area contributed by atoms with Crippen molar-refractivity contribution in [3.05, 3.63) is 72.3 Å². The van der Waals surface area contributed by atoms with Gasteiger partial charge < -0.3 is 41.1 Å². The molecule has 7 N–H and O–H groups in total. The first kappa shape index (κ1) is 41.2. The third kappa shape index (κ3) is 9.48. The number of fused-ring (bicyclic) bond motifs is 2. The van der Waals surface area contributed by atoms with E-state index in [1.165, 1.54) is 0 Å². The first-order chi connectivity index (χ1) is 28.7. The van der Waals surface area contributed by atoms with Crippen molar-refractivity contribution >= 4 is 57.7 Å². The number of nitrogens with two attached hydrogens (primary N) is 2. The zero-order valence-electron chi connectivity index (χ0n) is 33.7. The molecule has 312 valence electrons. The van der Waals surface area contributed by atoms with Gasteiger partial charge in [-0.1, -0.05) is 60.7 Å². The molecular weight excluding hydrogens is 769 g/mol. The van der Waals surface area contributed by atoms with Crippen LogP contribution in [0.4, 0.5) is 11.6 Å². The van der Waals surface area contributed by atoms with Crippen LogP contribution in [0.5, 0.6) is 0 Å². The van der Waals surface area contributed by atoms with Crippen molar-refractivity contribution in [2.24, 2.45) is 11.5 Å². The molecule has 2 aliphatic rings. The lowest BCUT2D eigenvalue weighted by Crippen LogP contribution is -2.41. The number of esters is 1. The molecule has 0 unspecified atom stereocenters. The average Bonchev–Trinajstić information content (AvgIpc) is 4.05. The number of hydrogen-bond donors (Lipinski definition) is 5. The summed E-state index contributed by atoms with van der Waals surface area (Å²) in [6.45, 7) is 6.83. The van der Waals surface area contributed by atoms with E-state index in [0.29, 0.717) is 89.6 Å². The Morgan fingerprint density at radius 2 is 1.12 bits per heavy atom. The molecule has 4 aromatic heterocycles. The van der Waals surface area contributed by atoms with E-state index in [1.54, 1.807) is 0 Å². The molecule has 0 bridgehead atoms. The van der Waals surface area contributed by atoms with Crippen LogP contribution in [0.1, 0.15) is 70.9 Å². The normalized spacial score (nSPS) is 16.5. The van der Waals surface area contributed by atoms with Gasteiger partial charge in [0.2, 0.25) is 11.8 Å². The Bertz CT molecular complexity index is 2520. The molecular formula is C42H48N12O6. The summed E-state index contributed by atoms with van der Waals surface area (Å²) in [5.41, 5.74) is 14.5. The second-order valence-electron chi connectivity index (χ2n) is 15.7. The third-order valence-corrected chi connectivity index (χ3v) is 10.1. The number of aryl methyl sites for hydroxylation is 2. The number of anilines is 2. The quantitative estimate of drug-likeness (QED) is 0.108. The van der Waals surface area contributed by atoms with E-state index in [-0.39, 0.29) is 31.1 Å². The number of aromatic nitrogens is 8. The molecule has 0 radical (unpaired) electrons. The van der Waals surface area contributed by atoms with E-state index in [9.17, 15) is 19.2 Å². The number of carboxylic acid groups (broad SMARTS) is 1. The smallest absolute Gasteiger partial charge is 0.306 e. The van der Waals surface area contributed by atoms with Crippen LogP contribution in [0, 0.1) is 0 Å². The summed E-state index contributed by atoms with van der Waals surface area (Å²) in [6, 6.07) is 18.3. The van der Waals surface area contributed by atoms with Crippen molar-refractivity contribution in [1.82, 2.24) is 39.9 Å². The van der Waals surface area contributed by atoms with E-state index >= 15 is 0 Å². The van der Waals surface area contributed by atoms with Crippen LogP contribution < -0.4 is 21.3 Å². The highest BCUT2D eigenvalue weighted by molar-refractivity contribution is 5.92. The number of imidazole rings is 2. The van der Waals surface area contributed by atoms with Crippen LogP contribution in [0.2, 0.25) is 0 Å². The number of carbonyl (C=O) groups is 4. The zero-order valence-corrected chi connectivity index (χ0v) is 33.7. The molecule has 0 saturated carbocycles. The number of nitrogens with zero attached hydrogens (tertiary/aromatic N) is 8. The summed E-state index contributed by atoms with van der Waals surface area (Å²) in [6.07, 6.45) is 3.82. The highest BCUT2D eigenvalue weighted by atomic mass is 16.6. The van der Waals surface area contributed by atoms with Crippen LogP contribution >= 0.6 is 0 Å². The number of rotatable bonds is 12. The predicted octanol–water partition coefficient (Wildman–Crippen LogP) is 4.24. The van der Waals surface area contributed by atoms with Gasteiger partial charge in [0, 0.05) is 37.1 Å². The number of benzene rings is 2. The van der Waals surface area contributed by atoms with Gasteiger partial charge >= 0.3 is 11.9 Å². The number of primary amides is 2. The summed E-state index contributed by atoms with van der Waals surface area (Å²) in [5, 5.41) is 8.94. The number of nitrogens with one attached hydrogen (secondary N) is 2. The lowest BCUT2D eigenvalue weighted by Gasteiger charge is -2.23. The zero-order chi connectivity index (χ0) is 42.6.